The molecular formula is C11H19N3S. The summed E-state index contributed by atoms with van der Waals surface area (Å²) in [5.74, 6) is 0. The van der Waals surface area contributed by atoms with E-state index in [0.717, 1.165) is 25.3 Å². The van der Waals surface area contributed by atoms with Gasteiger partial charge in [0.15, 0.2) is 0 Å². The third-order valence-electron chi connectivity index (χ3n) is 3.03. The third-order valence-corrected chi connectivity index (χ3v) is 3.66. The van der Waals surface area contributed by atoms with Crippen molar-refractivity contribution in [3.05, 3.63) is 16.6 Å². The zero-order valence-electron chi connectivity index (χ0n) is 9.25. The Bertz CT molecular complexity index is 278. The summed E-state index contributed by atoms with van der Waals surface area (Å²) in [4.78, 5) is 4.26. The summed E-state index contributed by atoms with van der Waals surface area (Å²) in [6.45, 7) is 6.66. The lowest BCUT2D eigenvalue weighted by Gasteiger charge is -2.34. The van der Waals surface area contributed by atoms with E-state index in [4.69, 9.17) is 0 Å². The minimum atomic E-state index is 0.425. The van der Waals surface area contributed by atoms with E-state index in [9.17, 15) is 0 Å². The van der Waals surface area contributed by atoms with Crippen LogP contribution in [0, 0.1) is 5.41 Å². The Labute approximate surface area is 95.3 Å². The smallest absolute Gasteiger partial charge is 0.0795 e. The van der Waals surface area contributed by atoms with E-state index in [-0.39, 0.29) is 0 Å². The van der Waals surface area contributed by atoms with Crippen LogP contribution in [0.3, 0.4) is 0 Å². The van der Waals surface area contributed by atoms with Gasteiger partial charge in [0.2, 0.25) is 0 Å². The molecule has 1 aliphatic rings. The van der Waals surface area contributed by atoms with Crippen LogP contribution in [0.4, 0.5) is 0 Å². The predicted octanol–water partition coefficient (Wildman–Crippen LogP) is 1.62. The molecule has 15 heavy (non-hydrogen) atoms. The summed E-state index contributed by atoms with van der Waals surface area (Å²) >= 11 is 1.66. The molecule has 1 aliphatic heterocycles. The van der Waals surface area contributed by atoms with E-state index in [2.05, 4.69) is 27.9 Å². The van der Waals surface area contributed by atoms with Crippen molar-refractivity contribution in [3.8, 4) is 0 Å². The molecule has 0 aromatic carbocycles. The number of rotatable bonds is 4. The topological polar surface area (TPSA) is 37.0 Å². The Morgan fingerprint density at radius 2 is 2.60 bits per heavy atom. The molecule has 2 heterocycles. The Morgan fingerprint density at radius 3 is 3.27 bits per heavy atom. The Balaban J connectivity index is 1.72. The number of hydrogen-bond donors (Lipinski definition) is 2. The van der Waals surface area contributed by atoms with Crippen molar-refractivity contribution >= 4 is 11.3 Å². The van der Waals surface area contributed by atoms with Crippen molar-refractivity contribution < 1.29 is 0 Å². The van der Waals surface area contributed by atoms with E-state index in [1.807, 2.05) is 5.51 Å². The molecule has 84 valence electrons. The minimum absolute atomic E-state index is 0.425. The van der Waals surface area contributed by atoms with Gasteiger partial charge in [-0.05, 0) is 24.8 Å². The molecule has 0 aliphatic carbocycles. The Morgan fingerprint density at radius 1 is 1.67 bits per heavy atom. The van der Waals surface area contributed by atoms with E-state index in [1.165, 1.54) is 19.4 Å². The van der Waals surface area contributed by atoms with Crippen LogP contribution in [-0.2, 0) is 6.54 Å². The van der Waals surface area contributed by atoms with Gasteiger partial charge in [0.25, 0.3) is 0 Å². The highest BCUT2D eigenvalue weighted by molar-refractivity contribution is 7.07. The van der Waals surface area contributed by atoms with Crippen molar-refractivity contribution in [2.45, 2.75) is 26.3 Å². The van der Waals surface area contributed by atoms with Crippen molar-refractivity contribution in [1.82, 2.24) is 15.6 Å². The monoisotopic (exact) mass is 225 g/mol. The molecule has 1 aromatic rings. The van der Waals surface area contributed by atoms with Gasteiger partial charge in [0.05, 0.1) is 11.2 Å². The fourth-order valence-electron chi connectivity index (χ4n) is 2.09. The van der Waals surface area contributed by atoms with Gasteiger partial charge in [-0.3, -0.25) is 0 Å². The molecule has 0 radical (unpaired) electrons. The van der Waals surface area contributed by atoms with Crippen molar-refractivity contribution in [2.75, 3.05) is 19.6 Å². The molecule has 1 atom stereocenters. The number of piperidine rings is 1. The molecule has 0 amide bonds. The van der Waals surface area contributed by atoms with Crippen molar-refractivity contribution in [2.24, 2.45) is 5.41 Å². The summed E-state index contributed by atoms with van der Waals surface area (Å²) in [6.07, 6.45) is 2.62. The summed E-state index contributed by atoms with van der Waals surface area (Å²) in [6, 6.07) is 0. The summed E-state index contributed by atoms with van der Waals surface area (Å²) in [7, 11) is 0. The number of aromatic nitrogens is 1. The predicted molar refractivity (Wildman–Crippen MR) is 64.0 cm³/mol. The van der Waals surface area contributed by atoms with Crippen LogP contribution in [0.5, 0.6) is 0 Å². The molecule has 1 fully saturated rings. The first-order valence-electron chi connectivity index (χ1n) is 5.57. The highest BCUT2D eigenvalue weighted by Crippen LogP contribution is 2.24. The second kappa shape index (κ2) is 5.05. The Hall–Kier alpha value is -0.450. The molecule has 4 heteroatoms. The SMILES string of the molecule is CC1(CNCc2cscn2)CCCNC1. The Kier molecular flexibility index (Phi) is 3.72. The van der Waals surface area contributed by atoms with E-state index in [0.29, 0.717) is 5.41 Å². The second-order valence-corrected chi connectivity index (χ2v) is 5.39. The van der Waals surface area contributed by atoms with Crippen LogP contribution in [0.15, 0.2) is 10.9 Å². The van der Waals surface area contributed by atoms with E-state index >= 15 is 0 Å². The largest absolute Gasteiger partial charge is 0.316 e. The average Bonchev–Trinajstić information content (AvgIpc) is 2.71. The minimum Gasteiger partial charge on any atom is -0.316 e. The lowest BCUT2D eigenvalue weighted by molar-refractivity contribution is 0.226. The first kappa shape index (κ1) is 11.0. The molecule has 3 nitrogen and oxygen atoms in total. The van der Waals surface area contributed by atoms with Gasteiger partial charge in [-0.15, -0.1) is 11.3 Å². The zero-order valence-corrected chi connectivity index (χ0v) is 10.1. The lowest BCUT2D eigenvalue weighted by atomic mass is 9.83. The first-order chi connectivity index (χ1) is 7.29. The van der Waals surface area contributed by atoms with Crippen LogP contribution < -0.4 is 10.6 Å². The maximum absolute atomic E-state index is 4.26. The molecule has 1 aromatic heterocycles. The quantitative estimate of drug-likeness (QED) is 0.817. The third kappa shape index (κ3) is 3.26. The fourth-order valence-corrected chi connectivity index (χ4v) is 2.65. The van der Waals surface area contributed by atoms with Crippen molar-refractivity contribution in [3.63, 3.8) is 0 Å². The summed E-state index contributed by atoms with van der Waals surface area (Å²) in [5, 5.41) is 9.07. The number of nitrogens with zero attached hydrogens (tertiary/aromatic N) is 1. The highest BCUT2D eigenvalue weighted by atomic mass is 32.1. The molecule has 0 bridgehead atoms. The maximum atomic E-state index is 4.26. The van der Waals surface area contributed by atoms with Gasteiger partial charge in [-0.25, -0.2) is 4.98 Å². The van der Waals surface area contributed by atoms with Gasteiger partial charge in [0.1, 0.15) is 0 Å². The van der Waals surface area contributed by atoms with E-state index < -0.39 is 0 Å². The van der Waals surface area contributed by atoms with Gasteiger partial charge in [-0.2, -0.15) is 0 Å². The molecule has 1 unspecified atom stereocenters. The van der Waals surface area contributed by atoms with Crippen LogP contribution in [0.25, 0.3) is 0 Å². The summed E-state index contributed by atoms with van der Waals surface area (Å²) < 4.78 is 0. The standard InChI is InChI=1S/C11H19N3S/c1-11(3-2-4-12-7-11)8-13-5-10-6-15-9-14-10/h6,9,12-13H,2-5,7-8H2,1H3. The molecule has 1 saturated heterocycles. The molecule has 0 spiro atoms. The maximum Gasteiger partial charge on any atom is 0.0795 e. The number of hydrogen-bond acceptors (Lipinski definition) is 4. The molecule has 2 rings (SSSR count). The van der Waals surface area contributed by atoms with Gasteiger partial charge >= 0.3 is 0 Å². The second-order valence-electron chi connectivity index (χ2n) is 4.67. The fraction of sp³-hybridized carbons (Fsp3) is 0.727. The van der Waals surface area contributed by atoms with E-state index in [1.54, 1.807) is 11.3 Å². The van der Waals surface area contributed by atoms with Crippen LogP contribution in [0.1, 0.15) is 25.5 Å². The molecule has 0 saturated carbocycles. The highest BCUT2D eigenvalue weighted by Gasteiger charge is 2.25. The van der Waals surface area contributed by atoms with Gasteiger partial charge in [-0.1, -0.05) is 6.92 Å². The first-order valence-corrected chi connectivity index (χ1v) is 6.51. The number of thiazole rings is 1. The zero-order chi connectivity index (χ0) is 10.6. The van der Waals surface area contributed by atoms with Gasteiger partial charge < -0.3 is 10.6 Å². The average molecular weight is 225 g/mol. The van der Waals surface area contributed by atoms with Crippen LogP contribution >= 0.6 is 11.3 Å². The molecule has 2 N–H and O–H groups in total. The molecular weight excluding hydrogens is 206 g/mol. The van der Waals surface area contributed by atoms with Gasteiger partial charge in [0, 0.05) is 25.0 Å². The number of nitrogens with one attached hydrogen (secondary N) is 2. The van der Waals surface area contributed by atoms with Crippen molar-refractivity contribution in [1.29, 1.82) is 0 Å². The lowest BCUT2D eigenvalue weighted by Crippen LogP contribution is -2.44. The van der Waals surface area contributed by atoms with Crippen LogP contribution in [-0.4, -0.2) is 24.6 Å². The van der Waals surface area contributed by atoms with Crippen LogP contribution in [0.2, 0.25) is 0 Å². The normalized spacial score (nSPS) is 26.7. The summed E-state index contributed by atoms with van der Waals surface area (Å²) in [5.41, 5.74) is 3.47.